The summed E-state index contributed by atoms with van der Waals surface area (Å²) in [6, 6.07) is 0. The lowest BCUT2D eigenvalue weighted by Crippen LogP contribution is -2.28. The number of aldehydes is 1. The molecule has 2 nitrogen and oxygen atoms in total. The molecule has 2 heteroatoms. The SMILES string of the molecule is C[C@H]1C=C2C=C[C@H](C)[C@H](CCCC[C@@H](O)CC=O)C2CC1. The molecule has 0 bridgehead atoms. The summed E-state index contributed by atoms with van der Waals surface area (Å²) in [6.07, 6.45) is 14.7. The van der Waals surface area contributed by atoms with E-state index in [1.165, 1.54) is 19.3 Å². The van der Waals surface area contributed by atoms with E-state index in [0.29, 0.717) is 5.92 Å². The van der Waals surface area contributed by atoms with Gasteiger partial charge in [0.2, 0.25) is 0 Å². The second-order valence-corrected chi connectivity index (χ2v) is 7.05. The maximum absolute atomic E-state index is 10.3. The molecule has 0 aliphatic heterocycles. The van der Waals surface area contributed by atoms with Gasteiger partial charge in [-0.2, -0.15) is 0 Å². The Balaban J connectivity index is 1.83. The Kier molecular flexibility index (Phi) is 6.22. The van der Waals surface area contributed by atoms with Crippen molar-refractivity contribution in [1.82, 2.24) is 0 Å². The molecule has 0 fully saturated rings. The van der Waals surface area contributed by atoms with E-state index in [2.05, 4.69) is 32.1 Å². The number of allylic oxidation sites excluding steroid dienone is 4. The van der Waals surface area contributed by atoms with E-state index < -0.39 is 6.10 Å². The van der Waals surface area contributed by atoms with Crippen molar-refractivity contribution in [3.8, 4) is 0 Å². The summed E-state index contributed by atoms with van der Waals surface area (Å²) in [5, 5.41) is 9.60. The minimum absolute atomic E-state index is 0.288. The summed E-state index contributed by atoms with van der Waals surface area (Å²) in [6.45, 7) is 4.66. The number of aliphatic hydroxyl groups excluding tert-OH is 1. The second kappa shape index (κ2) is 7.93. The summed E-state index contributed by atoms with van der Waals surface area (Å²) < 4.78 is 0. The van der Waals surface area contributed by atoms with Crippen LogP contribution < -0.4 is 0 Å². The normalized spacial score (nSPS) is 33.2. The molecule has 21 heavy (non-hydrogen) atoms. The van der Waals surface area contributed by atoms with Crippen molar-refractivity contribution in [3.63, 3.8) is 0 Å². The quantitative estimate of drug-likeness (QED) is 0.561. The molecule has 5 atom stereocenters. The predicted molar refractivity (Wildman–Crippen MR) is 86.9 cm³/mol. The molecule has 0 spiro atoms. The molecule has 1 unspecified atom stereocenters. The number of carbonyl (C=O) groups excluding carboxylic acids is 1. The van der Waals surface area contributed by atoms with E-state index in [1.807, 2.05) is 0 Å². The first kappa shape index (κ1) is 16.5. The second-order valence-electron chi connectivity index (χ2n) is 7.05. The van der Waals surface area contributed by atoms with Gasteiger partial charge in [0.05, 0.1) is 6.10 Å². The lowest BCUT2D eigenvalue weighted by atomic mass is 9.67. The number of hydrogen-bond acceptors (Lipinski definition) is 2. The number of aliphatic hydroxyl groups is 1. The van der Waals surface area contributed by atoms with E-state index in [4.69, 9.17) is 0 Å². The Hall–Kier alpha value is -0.890. The van der Waals surface area contributed by atoms with Crippen molar-refractivity contribution in [2.75, 3.05) is 0 Å². The van der Waals surface area contributed by atoms with Gasteiger partial charge in [-0.15, -0.1) is 0 Å². The fourth-order valence-electron chi connectivity index (χ4n) is 4.01. The van der Waals surface area contributed by atoms with Gasteiger partial charge in [0.1, 0.15) is 6.29 Å². The standard InChI is InChI=1S/C19H30O2/c1-14-7-10-19-16(13-14)9-8-15(2)18(19)6-4-3-5-17(21)11-12-20/h8-9,12-15,17-19,21H,3-7,10-11H2,1-2H3/t14-,15+,17-,18+,19?/m1/s1. The molecule has 0 heterocycles. The maximum Gasteiger partial charge on any atom is 0.122 e. The maximum atomic E-state index is 10.3. The van der Waals surface area contributed by atoms with Gasteiger partial charge >= 0.3 is 0 Å². The van der Waals surface area contributed by atoms with Gasteiger partial charge in [0.25, 0.3) is 0 Å². The molecule has 1 N–H and O–H groups in total. The van der Waals surface area contributed by atoms with Crippen LogP contribution in [0.25, 0.3) is 0 Å². The van der Waals surface area contributed by atoms with Crippen LogP contribution in [-0.4, -0.2) is 17.5 Å². The molecule has 2 aliphatic rings. The molecule has 0 aromatic rings. The Morgan fingerprint density at radius 3 is 2.90 bits per heavy atom. The first-order chi connectivity index (χ1) is 10.1. The molecule has 0 saturated heterocycles. The van der Waals surface area contributed by atoms with Crippen LogP contribution in [0.2, 0.25) is 0 Å². The van der Waals surface area contributed by atoms with Crippen LogP contribution in [0.3, 0.4) is 0 Å². The highest BCUT2D eigenvalue weighted by Crippen LogP contribution is 2.43. The third kappa shape index (κ3) is 4.54. The summed E-state index contributed by atoms with van der Waals surface area (Å²) in [4.78, 5) is 10.3. The fourth-order valence-corrected chi connectivity index (χ4v) is 4.01. The zero-order valence-corrected chi connectivity index (χ0v) is 13.5. The average molecular weight is 290 g/mol. The van der Waals surface area contributed by atoms with Crippen LogP contribution in [0.1, 0.15) is 58.8 Å². The van der Waals surface area contributed by atoms with Crippen molar-refractivity contribution in [2.45, 2.75) is 64.9 Å². The molecular weight excluding hydrogens is 260 g/mol. The lowest BCUT2D eigenvalue weighted by molar-refractivity contribution is -0.109. The highest BCUT2D eigenvalue weighted by atomic mass is 16.3. The molecule has 0 saturated carbocycles. The number of fused-ring (bicyclic) bond motifs is 1. The van der Waals surface area contributed by atoms with Crippen LogP contribution >= 0.6 is 0 Å². The van der Waals surface area contributed by atoms with Crippen molar-refractivity contribution >= 4 is 6.29 Å². The van der Waals surface area contributed by atoms with E-state index >= 15 is 0 Å². The topological polar surface area (TPSA) is 37.3 Å². The number of unbranched alkanes of at least 4 members (excludes halogenated alkanes) is 1. The van der Waals surface area contributed by atoms with Gasteiger partial charge in [-0.3, -0.25) is 0 Å². The molecule has 0 aromatic heterocycles. The lowest BCUT2D eigenvalue weighted by Gasteiger charge is -2.38. The summed E-state index contributed by atoms with van der Waals surface area (Å²) >= 11 is 0. The zero-order chi connectivity index (χ0) is 15.2. The van der Waals surface area contributed by atoms with E-state index in [1.54, 1.807) is 5.57 Å². The van der Waals surface area contributed by atoms with E-state index in [0.717, 1.165) is 43.3 Å². The molecule has 0 amide bonds. The fraction of sp³-hybridized carbons (Fsp3) is 0.737. The van der Waals surface area contributed by atoms with Crippen LogP contribution in [0, 0.1) is 23.7 Å². The van der Waals surface area contributed by atoms with Crippen molar-refractivity contribution in [3.05, 3.63) is 23.8 Å². The molecule has 0 radical (unpaired) electrons. The van der Waals surface area contributed by atoms with E-state index in [-0.39, 0.29) is 6.42 Å². The third-order valence-corrected chi connectivity index (χ3v) is 5.32. The zero-order valence-electron chi connectivity index (χ0n) is 13.5. The van der Waals surface area contributed by atoms with Crippen molar-refractivity contribution in [2.24, 2.45) is 23.7 Å². The van der Waals surface area contributed by atoms with Crippen LogP contribution in [0.5, 0.6) is 0 Å². The Morgan fingerprint density at radius 2 is 2.14 bits per heavy atom. The molecule has 0 aromatic carbocycles. The average Bonchev–Trinajstić information content (AvgIpc) is 2.45. The van der Waals surface area contributed by atoms with Gasteiger partial charge in [0, 0.05) is 6.42 Å². The molecule has 118 valence electrons. The highest BCUT2D eigenvalue weighted by Gasteiger charge is 2.32. The first-order valence-electron chi connectivity index (χ1n) is 8.63. The number of rotatable bonds is 7. The predicted octanol–water partition coefficient (Wildman–Crippen LogP) is 4.29. The minimum Gasteiger partial charge on any atom is -0.393 e. The summed E-state index contributed by atoms with van der Waals surface area (Å²) in [5.41, 5.74) is 1.57. The van der Waals surface area contributed by atoms with Gasteiger partial charge in [-0.1, -0.05) is 44.9 Å². The van der Waals surface area contributed by atoms with Crippen LogP contribution in [0.4, 0.5) is 0 Å². The van der Waals surface area contributed by atoms with Crippen LogP contribution in [-0.2, 0) is 4.79 Å². The summed E-state index contributed by atoms with van der Waals surface area (Å²) in [7, 11) is 0. The molecular formula is C19H30O2. The number of hydrogen-bond donors (Lipinski definition) is 1. The minimum atomic E-state index is -0.433. The van der Waals surface area contributed by atoms with Gasteiger partial charge in [-0.25, -0.2) is 0 Å². The van der Waals surface area contributed by atoms with E-state index in [9.17, 15) is 9.90 Å². The Labute approximate surface area is 129 Å². The van der Waals surface area contributed by atoms with Gasteiger partial charge in [0.15, 0.2) is 0 Å². The Bertz CT molecular complexity index is 396. The van der Waals surface area contributed by atoms with Gasteiger partial charge in [-0.05, 0) is 54.9 Å². The highest BCUT2D eigenvalue weighted by molar-refractivity contribution is 5.49. The Morgan fingerprint density at radius 1 is 1.33 bits per heavy atom. The largest absolute Gasteiger partial charge is 0.393 e. The van der Waals surface area contributed by atoms with Crippen molar-refractivity contribution in [1.29, 1.82) is 0 Å². The van der Waals surface area contributed by atoms with Crippen LogP contribution in [0.15, 0.2) is 23.8 Å². The number of carbonyl (C=O) groups is 1. The van der Waals surface area contributed by atoms with Crippen molar-refractivity contribution < 1.29 is 9.90 Å². The summed E-state index contributed by atoms with van der Waals surface area (Å²) in [5.74, 6) is 2.91. The van der Waals surface area contributed by atoms with Gasteiger partial charge < -0.3 is 9.90 Å². The monoisotopic (exact) mass is 290 g/mol. The smallest absolute Gasteiger partial charge is 0.122 e. The molecule has 2 rings (SSSR count). The molecule has 2 aliphatic carbocycles. The third-order valence-electron chi connectivity index (χ3n) is 5.32. The first-order valence-corrected chi connectivity index (χ1v) is 8.63.